The molecule has 4 rings (SSSR count). The van der Waals surface area contributed by atoms with Gasteiger partial charge in [0.05, 0.1) is 0 Å². The summed E-state index contributed by atoms with van der Waals surface area (Å²) in [5, 5.41) is 8.80. The number of H-pyrrole nitrogens is 1. The van der Waals surface area contributed by atoms with Crippen molar-refractivity contribution in [3.63, 3.8) is 0 Å². The Morgan fingerprint density at radius 1 is 0.964 bits per heavy atom. The highest BCUT2D eigenvalue weighted by Gasteiger charge is 2.25. The lowest BCUT2D eigenvalue weighted by Gasteiger charge is -2.32. The molecule has 0 unspecified atom stereocenters. The number of aromatic amines is 1. The zero-order valence-corrected chi connectivity index (χ0v) is 17.3. The fraction of sp³-hybridized carbons (Fsp3) is 0.391. The first-order valence-electron chi connectivity index (χ1n) is 10.0. The van der Waals surface area contributed by atoms with Crippen LogP contribution in [-0.4, -0.2) is 40.2 Å². The number of halogens is 1. The molecule has 3 aromatic rings. The lowest BCUT2D eigenvalue weighted by atomic mass is 9.82. The minimum Gasteiger partial charge on any atom is -0.306 e. The number of benzene rings is 1. The van der Waals surface area contributed by atoms with E-state index in [1.165, 1.54) is 36.9 Å². The standard InChI is InChI=1S/C23H27ClN4/c1-28(2)20-9-3-16(4-10-20)15-21-22(17-11-13-25-14-12-17)23(27-26-21)18-5-7-19(24)8-6-18/h5-8,11-14,16,20H,3-4,9-10,15H2,1-2H3,(H,26,27). The third-order valence-corrected chi connectivity index (χ3v) is 6.22. The molecule has 0 aliphatic heterocycles. The maximum atomic E-state index is 6.08. The van der Waals surface area contributed by atoms with Gasteiger partial charge in [-0.05, 0) is 81.9 Å². The van der Waals surface area contributed by atoms with Crippen LogP contribution in [0.2, 0.25) is 5.02 Å². The quantitative estimate of drug-likeness (QED) is 0.625. The molecule has 0 bridgehead atoms. The smallest absolute Gasteiger partial charge is 0.100 e. The SMILES string of the molecule is CN(C)C1CCC(Cc2[nH]nc(-c3ccc(Cl)cc3)c2-c2ccncc2)CC1. The van der Waals surface area contributed by atoms with Gasteiger partial charge in [0.25, 0.3) is 0 Å². The fourth-order valence-electron chi connectivity index (χ4n) is 4.33. The molecule has 0 spiro atoms. The molecule has 146 valence electrons. The van der Waals surface area contributed by atoms with E-state index < -0.39 is 0 Å². The van der Waals surface area contributed by atoms with E-state index in [4.69, 9.17) is 16.7 Å². The van der Waals surface area contributed by atoms with Crippen LogP contribution < -0.4 is 0 Å². The summed E-state index contributed by atoms with van der Waals surface area (Å²) in [5.41, 5.74) is 5.64. The third kappa shape index (κ3) is 4.13. The molecule has 5 heteroatoms. The molecule has 1 aliphatic carbocycles. The summed E-state index contributed by atoms with van der Waals surface area (Å²) in [4.78, 5) is 6.56. The Morgan fingerprint density at radius 3 is 2.29 bits per heavy atom. The first kappa shape index (κ1) is 19.2. The summed E-state index contributed by atoms with van der Waals surface area (Å²) in [6, 6.07) is 12.8. The van der Waals surface area contributed by atoms with Crippen molar-refractivity contribution in [1.82, 2.24) is 20.1 Å². The Bertz CT molecular complexity index is 894. The van der Waals surface area contributed by atoms with Crippen molar-refractivity contribution in [1.29, 1.82) is 0 Å². The Kier molecular flexibility index (Phi) is 5.79. The van der Waals surface area contributed by atoms with Gasteiger partial charge < -0.3 is 4.90 Å². The molecule has 2 heterocycles. The number of aromatic nitrogens is 3. The van der Waals surface area contributed by atoms with Gasteiger partial charge in [-0.15, -0.1) is 0 Å². The topological polar surface area (TPSA) is 44.8 Å². The summed E-state index contributed by atoms with van der Waals surface area (Å²) in [7, 11) is 4.39. The highest BCUT2D eigenvalue weighted by Crippen LogP contribution is 2.37. The highest BCUT2D eigenvalue weighted by atomic mass is 35.5. The van der Waals surface area contributed by atoms with Gasteiger partial charge in [0.15, 0.2) is 0 Å². The van der Waals surface area contributed by atoms with Crippen LogP contribution in [-0.2, 0) is 6.42 Å². The Hall–Kier alpha value is -2.17. The number of nitrogens with one attached hydrogen (secondary N) is 1. The Labute approximate surface area is 172 Å². The first-order valence-corrected chi connectivity index (χ1v) is 10.4. The molecule has 2 aromatic heterocycles. The maximum absolute atomic E-state index is 6.08. The monoisotopic (exact) mass is 394 g/mol. The second kappa shape index (κ2) is 8.46. The number of hydrogen-bond acceptors (Lipinski definition) is 3. The van der Waals surface area contributed by atoms with E-state index in [0.29, 0.717) is 5.92 Å². The van der Waals surface area contributed by atoms with Crippen molar-refractivity contribution >= 4 is 11.6 Å². The molecule has 1 fully saturated rings. The first-order chi connectivity index (χ1) is 13.6. The summed E-state index contributed by atoms with van der Waals surface area (Å²) in [5.74, 6) is 0.704. The molecule has 4 nitrogen and oxygen atoms in total. The predicted molar refractivity (Wildman–Crippen MR) is 115 cm³/mol. The average molecular weight is 395 g/mol. The molecule has 28 heavy (non-hydrogen) atoms. The molecule has 1 aromatic carbocycles. The lowest BCUT2D eigenvalue weighted by Crippen LogP contribution is -2.32. The molecular weight excluding hydrogens is 368 g/mol. The van der Waals surface area contributed by atoms with Gasteiger partial charge in [0.2, 0.25) is 0 Å². The molecule has 1 saturated carbocycles. The van der Waals surface area contributed by atoms with E-state index in [-0.39, 0.29) is 0 Å². The second-order valence-electron chi connectivity index (χ2n) is 8.01. The number of nitrogens with zero attached hydrogens (tertiary/aromatic N) is 3. The molecule has 0 atom stereocenters. The van der Waals surface area contributed by atoms with E-state index in [1.807, 2.05) is 36.7 Å². The number of hydrogen-bond donors (Lipinski definition) is 1. The van der Waals surface area contributed by atoms with Gasteiger partial charge in [-0.25, -0.2) is 0 Å². The normalized spacial score (nSPS) is 19.9. The highest BCUT2D eigenvalue weighted by molar-refractivity contribution is 6.30. The molecule has 1 aliphatic rings. The van der Waals surface area contributed by atoms with Crippen LogP contribution in [0.3, 0.4) is 0 Å². The van der Waals surface area contributed by atoms with E-state index >= 15 is 0 Å². The van der Waals surface area contributed by atoms with E-state index in [2.05, 4.69) is 41.2 Å². The van der Waals surface area contributed by atoms with E-state index in [1.54, 1.807) is 0 Å². The minimum atomic E-state index is 0.704. The van der Waals surface area contributed by atoms with Gasteiger partial charge in [-0.3, -0.25) is 10.1 Å². The van der Waals surface area contributed by atoms with Gasteiger partial charge in [0, 0.05) is 40.3 Å². The summed E-state index contributed by atoms with van der Waals surface area (Å²) in [6.07, 6.45) is 9.83. The minimum absolute atomic E-state index is 0.704. The summed E-state index contributed by atoms with van der Waals surface area (Å²) >= 11 is 6.08. The van der Waals surface area contributed by atoms with Crippen molar-refractivity contribution in [2.45, 2.75) is 38.1 Å². The van der Waals surface area contributed by atoms with Gasteiger partial charge in [0.1, 0.15) is 5.69 Å². The lowest BCUT2D eigenvalue weighted by molar-refractivity contribution is 0.193. The van der Waals surface area contributed by atoms with Gasteiger partial charge in [-0.2, -0.15) is 5.10 Å². The number of rotatable bonds is 5. The average Bonchev–Trinajstić information content (AvgIpc) is 3.13. The summed E-state index contributed by atoms with van der Waals surface area (Å²) < 4.78 is 0. The van der Waals surface area contributed by atoms with Crippen LogP contribution in [0.15, 0.2) is 48.8 Å². The molecule has 1 N–H and O–H groups in total. The van der Waals surface area contributed by atoms with Crippen LogP contribution in [0.5, 0.6) is 0 Å². The zero-order chi connectivity index (χ0) is 19.5. The fourth-order valence-corrected chi connectivity index (χ4v) is 4.45. The second-order valence-corrected chi connectivity index (χ2v) is 8.45. The zero-order valence-electron chi connectivity index (χ0n) is 16.5. The molecule has 0 saturated heterocycles. The molecule has 0 radical (unpaired) electrons. The van der Waals surface area contributed by atoms with Crippen LogP contribution in [0.4, 0.5) is 0 Å². The van der Waals surface area contributed by atoms with Crippen molar-refractivity contribution in [3.8, 4) is 22.4 Å². The largest absolute Gasteiger partial charge is 0.306 e. The predicted octanol–water partition coefficient (Wildman–Crippen LogP) is 5.46. The Balaban J connectivity index is 1.64. The van der Waals surface area contributed by atoms with Crippen molar-refractivity contribution in [2.24, 2.45) is 5.92 Å². The van der Waals surface area contributed by atoms with Crippen molar-refractivity contribution in [3.05, 3.63) is 59.5 Å². The molecular formula is C23H27ClN4. The molecule has 0 amide bonds. The van der Waals surface area contributed by atoms with Crippen LogP contribution >= 0.6 is 11.6 Å². The van der Waals surface area contributed by atoms with E-state index in [9.17, 15) is 0 Å². The van der Waals surface area contributed by atoms with Crippen LogP contribution in [0.25, 0.3) is 22.4 Å². The van der Waals surface area contributed by atoms with E-state index in [0.717, 1.165) is 34.3 Å². The Morgan fingerprint density at radius 2 is 1.64 bits per heavy atom. The third-order valence-electron chi connectivity index (χ3n) is 5.97. The summed E-state index contributed by atoms with van der Waals surface area (Å²) in [6.45, 7) is 0. The van der Waals surface area contributed by atoms with Crippen molar-refractivity contribution in [2.75, 3.05) is 14.1 Å². The van der Waals surface area contributed by atoms with Crippen LogP contribution in [0.1, 0.15) is 31.4 Å². The van der Waals surface area contributed by atoms with Gasteiger partial charge >= 0.3 is 0 Å². The maximum Gasteiger partial charge on any atom is 0.100 e. The van der Waals surface area contributed by atoms with Crippen molar-refractivity contribution < 1.29 is 0 Å². The number of pyridine rings is 1. The van der Waals surface area contributed by atoms with Gasteiger partial charge in [-0.1, -0.05) is 23.7 Å². The van der Waals surface area contributed by atoms with Crippen LogP contribution in [0, 0.1) is 5.92 Å².